The van der Waals surface area contributed by atoms with Gasteiger partial charge in [-0.3, -0.25) is 29.5 Å². The highest BCUT2D eigenvalue weighted by Gasteiger charge is 2.69. The smallest absolute Gasteiger partial charge is 0.260 e. The molecule has 12 heteroatoms. The Morgan fingerprint density at radius 1 is 0.875 bits per heavy atom. The van der Waals surface area contributed by atoms with Crippen molar-refractivity contribution in [2.45, 2.75) is 31.6 Å². The van der Waals surface area contributed by atoms with Gasteiger partial charge in [0.25, 0.3) is 11.8 Å². The zero-order valence-corrected chi connectivity index (χ0v) is 32.4. The number of methoxy groups -OCH3 is 2. The summed E-state index contributed by atoms with van der Waals surface area (Å²) >= 11 is 12.8. The van der Waals surface area contributed by atoms with Crippen molar-refractivity contribution in [2.75, 3.05) is 24.5 Å². The maximum absolute atomic E-state index is 15.4. The number of carbonyl (C=O) groups excluding carboxylic acids is 4. The molecule has 4 aliphatic rings. The lowest BCUT2D eigenvalue weighted by Crippen LogP contribution is -2.54. The Bertz CT molecular complexity index is 2330. The molecule has 6 atom stereocenters. The van der Waals surface area contributed by atoms with Crippen LogP contribution in [-0.2, 0) is 31.0 Å². The average molecular weight is 793 g/mol. The third-order valence-electron chi connectivity index (χ3n) is 11.9. The number of rotatable bonds is 9. The second kappa shape index (κ2) is 14.5. The average Bonchev–Trinajstić information content (AvgIpc) is 3.59. The summed E-state index contributed by atoms with van der Waals surface area (Å²) in [6, 6.07) is 24.2. The number of aryl methyl sites for hydroxylation is 1. The van der Waals surface area contributed by atoms with Crippen molar-refractivity contribution in [1.82, 2.24) is 5.01 Å². The first-order valence-corrected chi connectivity index (χ1v) is 19.2. The number of phenolic OH excluding ortho intramolecular Hbond substituents is 1. The molecule has 2 saturated heterocycles. The lowest BCUT2D eigenvalue weighted by Gasteiger charge is -2.49. The van der Waals surface area contributed by atoms with E-state index in [-0.39, 0.29) is 41.2 Å². The molecule has 2 heterocycles. The molecule has 2 aliphatic heterocycles. The molecule has 0 radical (unpaired) electrons. The van der Waals surface area contributed by atoms with Gasteiger partial charge in [-0.15, -0.1) is 0 Å². The molecule has 2 aliphatic carbocycles. The van der Waals surface area contributed by atoms with Crippen LogP contribution in [0.3, 0.4) is 0 Å². The first kappa shape index (κ1) is 37.3. The first-order chi connectivity index (χ1) is 27.0. The topological polar surface area (TPSA) is 125 Å². The van der Waals surface area contributed by atoms with Crippen LogP contribution in [0.4, 0.5) is 11.4 Å². The van der Waals surface area contributed by atoms with Crippen molar-refractivity contribution in [1.29, 1.82) is 0 Å². The summed E-state index contributed by atoms with van der Waals surface area (Å²) in [6.07, 6.45) is 6.96. The molecule has 0 spiro atoms. The summed E-state index contributed by atoms with van der Waals surface area (Å²) in [7, 11) is 3.01. The first-order valence-electron chi connectivity index (χ1n) is 18.5. The maximum Gasteiger partial charge on any atom is 0.260 e. The molecule has 286 valence electrons. The molecule has 2 N–H and O–H groups in total. The summed E-state index contributed by atoms with van der Waals surface area (Å²) < 4.78 is 10.9. The summed E-state index contributed by atoms with van der Waals surface area (Å²) in [5.41, 5.74) is 5.47. The van der Waals surface area contributed by atoms with Crippen LogP contribution in [-0.4, -0.2) is 48.0 Å². The van der Waals surface area contributed by atoms with E-state index in [4.69, 9.17) is 32.7 Å². The number of hydrogen-bond donors (Lipinski definition) is 2. The predicted molar refractivity (Wildman–Crippen MR) is 213 cm³/mol. The Labute approximate surface area is 334 Å². The van der Waals surface area contributed by atoms with Crippen LogP contribution >= 0.6 is 23.2 Å². The zero-order chi connectivity index (χ0) is 39.5. The number of fused-ring (bicyclic) bond motifs is 4. The van der Waals surface area contributed by atoms with Crippen LogP contribution in [0, 0.1) is 29.6 Å². The highest BCUT2D eigenvalue weighted by atomic mass is 35.5. The number of amides is 4. The number of allylic oxidation sites excluding steroid dienone is 3. The summed E-state index contributed by atoms with van der Waals surface area (Å²) in [4.78, 5) is 60.3. The second-order valence-electron chi connectivity index (χ2n) is 14.6. The van der Waals surface area contributed by atoms with Gasteiger partial charge in [0.1, 0.15) is 5.75 Å². The maximum atomic E-state index is 15.4. The number of halogens is 2. The van der Waals surface area contributed by atoms with E-state index < -0.39 is 46.8 Å². The van der Waals surface area contributed by atoms with Gasteiger partial charge < -0.3 is 14.6 Å². The molecule has 4 amide bonds. The minimum Gasteiger partial charge on any atom is -0.504 e. The number of anilines is 2. The molecule has 0 aromatic heterocycles. The molecular formula is C44H39Cl2N3O7. The van der Waals surface area contributed by atoms with E-state index in [1.165, 1.54) is 24.1 Å². The minimum atomic E-state index is -1.50. The Hall–Kier alpha value is -5.58. The number of nitrogens with one attached hydrogen (secondary N) is 1. The molecule has 10 nitrogen and oxygen atoms in total. The fourth-order valence-corrected chi connectivity index (χ4v) is 9.68. The Morgan fingerprint density at radius 3 is 2.30 bits per heavy atom. The van der Waals surface area contributed by atoms with Gasteiger partial charge in [-0.25, -0.2) is 0 Å². The Kier molecular flexibility index (Phi) is 9.66. The largest absolute Gasteiger partial charge is 0.504 e. The number of aromatic hydroxyl groups is 1. The van der Waals surface area contributed by atoms with Crippen molar-refractivity contribution in [2.24, 2.45) is 29.6 Å². The van der Waals surface area contributed by atoms with Gasteiger partial charge >= 0.3 is 0 Å². The van der Waals surface area contributed by atoms with Crippen LogP contribution in [0.25, 0.3) is 6.08 Å². The lowest BCUT2D eigenvalue weighted by atomic mass is 9.50. The van der Waals surface area contributed by atoms with Crippen molar-refractivity contribution in [3.8, 4) is 17.2 Å². The number of ether oxygens (including phenoxy) is 2. The van der Waals surface area contributed by atoms with E-state index in [1.54, 1.807) is 67.8 Å². The standard InChI is InChI=1S/C44H39Cl2N3O7/c1-4-24-5-12-28(13-6-24)48-40(51)31-17-16-30-32(39(31)42(48)53)23-34-41(52)49(47-36-19-11-27(45)22-35(36)46)43(54)44(34,26-9-14-29(55-2)15-10-26)33(30)18-7-25-8-20-37(50)38(21-25)56-3/h5-16,18-22,31-34,39,47,50H,4,17,23H2,1-3H3. The van der Waals surface area contributed by atoms with Crippen LogP contribution in [0.1, 0.15) is 36.5 Å². The van der Waals surface area contributed by atoms with Gasteiger partial charge in [-0.05, 0) is 96.5 Å². The summed E-state index contributed by atoms with van der Waals surface area (Å²) in [6.45, 7) is 2.04. The third kappa shape index (κ3) is 5.85. The van der Waals surface area contributed by atoms with Gasteiger partial charge in [0.05, 0.1) is 53.8 Å². The van der Waals surface area contributed by atoms with Crippen molar-refractivity contribution < 1.29 is 33.8 Å². The predicted octanol–water partition coefficient (Wildman–Crippen LogP) is 8.01. The zero-order valence-electron chi connectivity index (χ0n) is 30.9. The number of hydrazine groups is 1. The molecule has 8 rings (SSSR count). The van der Waals surface area contributed by atoms with E-state index in [0.29, 0.717) is 33.3 Å². The van der Waals surface area contributed by atoms with Gasteiger partial charge in [0.2, 0.25) is 11.8 Å². The van der Waals surface area contributed by atoms with Gasteiger partial charge in [0.15, 0.2) is 11.5 Å². The molecule has 56 heavy (non-hydrogen) atoms. The van der Waals surface area contributed by atoms with Crippen molar-refractivity contribution in [3.63, 3.8) is 0 Å². The van der Waals surface area contributed by atoms with Crippen LogP contribution in [0.5, 0.6) is 17.2 Å². The Morgan fingerprint density at radius 2 is 1.62 bits per heavy atom. The van der Waals surface area contributed by atoms with E-state index in [9.17, 15) is 19.5 Å². The highest BCUT2D eigenvalue weighted by molar-refractivity contribution is 6.36. The number of nitrogens with zero attached hydrogens (tertiary/aromatic N) is 2. The number of carbonyl (C=O) groups is 4. The third-order valence-corrected chi connectivity index (χ3v) is 12.5. The summed E-state index contributed by atoms with van der Waals surface area (Å²) in [5, 5.41) is 12.0. The molecule has 1 saturated carbocycles. The summed E-state index contributed by atoms with van der Waals surface area (Å²) in [5.74, 6) is -4.43. The van der Waals surface area contributed by atoms with Gasteiger partial charge in [-0.2, -0.15) is 5.01 Å². The molecule has 0 bridgehead atoms. The monoisotopic (exact) mass is 791 g/mol. The van der Waals surface area contributed by atoms with Crippen molar-refractivity contribution >= 4 is 64.3 Å². The fraction of sp³-hybridized carbons (Fsp3) is 0.273. The van der Waals surface area contributed by atoms with Crippen LogP contribution < -0.4 is 19.8 Å². The fourth-order valence-electron chi connectivity index (χ4n) is 9.23. The Balaban J connectivity index is 1.30. The van der Waals surface area contributed by atoms with Crippen LogP contribution in [0.2, 0.25) is 10.0 Å². The normalized spacial score (nSPS) is 25.6. The number of benzene rings is 4. The van der Waals surface area contributed by atoms with Gasteiger partial charge in [0, 0.05) is 10.9 Å². The molecule has 4 aromatic carbocycles. The van der Waals surface area contributed by atoms with E-state index >= 15 is 4.79 Å². The molecule has 4 aromatic rings. The second-order valence-corrected chi connectivity index (χ2v) is 15.4. The molecule has 3 fully saturated rings. The van der Waals surface area contributed by atoms with E-state index in [2.05, 4.69) is 5.43 Å². The minimum absolute atomic E-state index is 0.0318. The number of hydrogen-bond acceptors (Lipinski definition) is 8. The van der Waals surface area contributed by atoms with Crippen molar-refractivity contribution in [3.05, 3.63) is 129 Å². The molecular weight excluding hydrogens is 753 g/mol. The van der Waals surface area contributed by atoms with E-state index in [0.717, 1.165) is 22.6 Å². The van der Waals surface area contributed by atoms with E-state index in [1.807, 2.05) is 37.3 Å². The molecule has 6 unspecified atom stereocenters. The number of imide groups is 2. The SMILES string of the molecule is CCc1ccc(N2C(=O)C3CC=C4C(CC5C(=O)N(Nc6ccc(Cl)cc6Cl)C(=O)C5(c5ccc(OC)cc5)C4C=Cc4ccc(O)c(OC)c4)C3C2=O)cc1. The van der Waals surface area contributed by atoms with Crippen LogP contribution in [0.15, 0.2) is 103 Å². The highest BCUT2D eigenvalue weighted by Crippen LogP contribution is 2.62. The lowest BCUT2D eigenvalue weighted by molar-refractivity contribution is -0.139. The quantitative estimate of drug-likeness (QED) is 0.129. The van der Waals surface area contributed by atoms with Gasteiger partial charge in [-0.1, -0.05) is 84.3 Å². The number of phenols is 1.